The van der Waals surface area contributed by atoms with Gasteiger partial charge in [0.2, 0.25) is 0 Å². The summed E-state index contributed by atoms with van der Waals surface area (Å²) in [7, 11) is 0. The highest BCUT2D eigenvalue weighted by Crippen LogP contribution is 2.18. The number of aryl methyl sites for hydroxylation is 1. The fourth-order valence-corrected chi connectivity index (χ4v) is 3.77. The maximum atomic E-state index is 12.5. The molecule has 0 saturated carbocycles. The van der Waals surface area contributed by atoms with E-state index in [1.165, 1.54) is 5.56 Å². The third-order valence-electron chi connectivity index (χ3n) is 4.65. The highest BCUT2D eigenvalue weighted by atomic mass is 32.1. The lowest BCUT2D eigenvalue weighted by molar-refractivity contribution is 0.0978. The molecule has 0 fully saturated rings. The first-order valence-corrected chi connectivity index (χ1v) is 10.5. The number of carbonyl (C=O) groups is 1. The number of hydrogen-bond donors (Lipinski definition) is 2. The second-order valence-electron chi connectivity index (χ2n) is 6.90. The van der Waals surface area contributed by atoms with Gasteiger partial charge in [-0.05, 0) is 67.7 Å². The number of fused-ring (bicyclic) bond motifs is 2. The fourth-order valence-electron chi connectivity index (χ4n) is 3.05. The van der Waals surface area contributed by atoms with Crippen LogP contribution in [0.1, 0.15) is 15.9 Å². The zero-order valence-corrected chi connectivity index (χ0v) is 17.9. The van der Waals surface area contributed by atoms with Crippen LogP contribution in [0.4, 0.5) is 5.69 Å². The molecule has 2 aromatic heterocycles. The number of carbonyl (C=O) groups excluding carboxylic acids is 1. The zero-order chi connectivity index (χ0) is 21.4. The lowest BCUT2D eigenvalue weighted by Crippen LogP contribution is -2.34. The van der Waals surface area contributed by atoms with E-state index in [0.717, 1.165) is 28.4 Å². The largest absolute Gasteiger partial charge is 0.332 e. The van der Waals surface area contributed by atoms with Crippen LogP contribution in [0.5, 0.6) is 0 Å². The second-order valence-corrected chi connectivity index (χ2v) is 7.84. The number of amides is 1. The van der Waals surface area contributed by atoms with Gasteiger partial charge in [0.05, 0.1) is 17.4 Å². The number of hydrogen-bond acceptors (Lipinski definition) is 7. The molecule has 2 N–H and O–H groups in total. The highest BCUT2D eigenvalue weighted by molar-refractivity contribution is 7.80. The van der Waals surface area contributed by atoms with E-state index < -0.39 is 0 Å². The molecule has 0 aliphatic rings. The van der Waals surface area contributed by atoms with Crippen LogP contribution in [-0.2, 0) is 0 Å². The van der Waals surface area contributed by atoms with Gasteiger partial charge in [0.1, 0.15) is 22.1 Å². The minimum absolute atomic E-state index is 0.187. The third-order valence-corrected chi connectivity index (χ3v) is 5.41. The molecule has 1 amide bonds. The van der Waals surface area contributed by atoms with Crippen molar-refractivity contribution < 1.29 is 4.79 Å². The summed E-state index contributed by atoms with van der Waals surface area (Å²) < 4.78 is 8.29. The summed E-state index contributed by atoms with van der Waals surface area (Å²) in [6.45, 7) is 2.03. The van der Waals surface area contributed by atoms with E-state index >= 15 is 0 Å². The minimum Gasteiger partial charge on any atom is -0.332 e. The van der Waals surface area contributed by atoms with Gasteiger partial charge in [-0.3, -0.25) is 10.1 Å². The Morgan fingerprint density at radius 2 is 1.65 bits per heavy atom. The molecular formula is C21H15N7OS2. The van der Waals surface area contributed by atoms with Crippen LogP contribution in [0.25, 0.3) is 27.8 Å². The first-order chi connectivity index (χ1) is 15.0. The predicted octanol–water partition coefficient (Wildman–Crippen LogP) is 3.86. The topological polar surface area (TPSA) is 97.6 Å². The molecule has 0 aliphatic carbocycles. The molecule has 31 heavy (non-hydrogen) atoms. The van der Waals surface area contributed by atoms with Gasteiger partial charge < -0.3 is 5.32 Å². The van der Waals surface area contributed by atoms with Crippen LogP contribution >= 0.6 is 23.9 Å². The minimum atomic E-state index is -0.321. The van der Waals surface area contributed by atoms with Crippen molar-refractivity contribution in [2.45, 2.75) is 6.92 Å². The summed E-state index contributed by atoms with van der Waals surface area (Å²) in [5.41, 5.74) is 6.12. The lowest BCUT2D eigenvalue weighted by atomic mass is 10.2. The molecule has 0 unspecified atom stereocenters. The Morgan fingerprint density at radius 3 is 2.48 bits per heavy atom. The van der Waals surface area contributed by atoms with Gasteiger partial charge in [-0.15, -0.1) is 10.2 Å². The van der Waals surface area contributed by atoms with E-state index in [-0.39, 0.29) is 11.0 Å². The molecule has 0 radical (unpaired) electrons. The van der Waals surface area contributed by atoms with E-state index in [0.29, 0.717) is 22.3 Å². The van der Waals surface area contributed by atoms with Gasteiger partial charge in [-0.2, -0.15) is 13.5 Å². The van der Waals surface area contributed by atoms with Gasteiger partial charge in [0, 0.05) is 11.3 Å². The molecule has 0 spiro atoms. The molecule has 5 aromatic rings. The van der Waals surface area contributed by atoms with Crippen LogP contribution < -0.4 is 10.6 Å². The smallest absolute Gasteiger partial charge is 0.257 e. The summed E-state index contributed by atoms with van der Waals surface area (Å²) in [6, 6.07) is 18.6. The number of benzene rings is 3. The SMILES string of the molecule is Cc1ccc(-n2nc3ccc(NC(=S)NC(=O)c4ccc5nsnc5c4)cc3n2)cc1. The molecule has 0 atom stereocenters. The van der Waals surface area contributed by atoms with Crippen LogP contribution in [0.3, 0.4) is 0 Å². The van der Waals surface area contributed by atoms with E-state index in [2.05, 4.69) is 29.6 Å². The number of rotatable bonds is 3. The number of thiocarbonyl (C=S) groups is 1. The summed E-state index contributed by atoms with van der Waals surface area (Å²) in [5.74, 6) is -0.321. The average molecular weight is 446 g/mol. The molecule has 5 rings (SSSR count). The Hall–Kier alpha value is -3.76. The van der Waals surface area contributed by atoms with Gasteiger partial charge in [-0.25, -0.2) is 0 Å². The summed E-state index contributed by atoms with van der Waals surface area (Å²) in [6.07, 6.45) is 0. The van der Waals surface area contributed by atoms with Crippen LogP contribution in [0, 0.1) is 6.92 Å². The molecule has 152 valence electrons. The number of nitrogens with one attached hydrogen (secondary N) is 2. The van der Waals surface area contributed by atoms with Crippen molar-refractivity contribution in [1.82, 2.24) is 29.1 Å². The molecular weight excluding hydrogens is 430 g/mol. The first kappa shape index (κ1) is 19.2. The van der Waals surface area contributed by atoms with Crippen LogP contribution in [0.2, 0.25) is 0 Å². The van der Waals surface area contributed by atoms with Crippen molar-refractivity contribution in [3.05, 3.63) is 71.8 Å². The zero-order valence-electron chi connectivity index (χ0n) is 16.2. The first-order valence-electron chi connectivity index (χ1n) is 9.34. The molecule has 8 nitrogen and oxygen atoms in total. The lowest BCUT2D eigenvalue weighted by Gasteiger charge is -2.09. The molecule has 0 aliphatic heterocycles. The summed E-state index contributed by atoms with van der Waals surface area (Å²) >= 11 is 6.41. The van der Waals surface area contributed by atoms with Crippen molar-refractivity contribution in [2.24, 2.45) is 0 Å². The van der Waals surface area contributed by atoms with Crippen molar-refractivity contribution in [3.8, 4) is 5.69 Å². The molecule has 2 heterocycles. The van der Waals surface area contributed by atoms with Gasteiger partial charge >= 0.3 is 0 Å². The van der Waals surface area contributed by atoms with E-state index in [1.807, 2.05) is 49.4 Å². The van der Waals surface area contributed by atoms with E-state index in [1.54, 1.807) is 23.0 Å². The molecule has 10 heteroatoms. The third kappa shape index (κ3) is 3.98. The molecule has 0 bridgehead atoms. The Bertz CT molecular complexity index is 1440. The Labute approximate surface area is 186 Å². The van der Waals surface area contributed by atoms with Gasteiger partial charge in [-0.1, -0.05) is 17.7 Å². The monoisotopic (exact) mass is 445 g/mol. The quantitative estimate of drug-likeness (QED) is 0.407. The Morgan fingerprint density at radius 1 is 0.903 bits per heavy atom. The number of anilines is 1. The fraction of sp³-hybridized carbons (Fsp3) is 0.0476. The average Bonchev–Trinajstić information content (AvgIpc) is 3.40. The van der Waals surface area contributed by atoms with Crippen molar-refractivity contribution in [1.29, 1.82) is 0 Å². The summed E-state index contributed by atoms with van der Waals surface area (Å²) in [4.78, 5) is 14.1. The maximum Gasteiger partial charge on any atom is 0.257 e. The van der Waals surface area contributed by atoms with Crippen molar-refractivity contribution >= 4 is 62.7 Å². The summed E-state index contributed by atoms with van der Waals surface area (Å²) in [5, 5.41) is 14.9. The Kier molecular flexibility index (Phi) is 4.85. The maximum absolute atomic E-state index is 12.5. The van der Waals surface area contributed by atoms with Crippen LogP contribution in [0.15, 0.2) is 60.7 Å². The van der Waals surface area contributed by atoms with Crippen molar-refractivity contribution in [3.63, 3.8) is 0 Å². The Balaban J connectivity index is 1.30. The van der Waals surface area contributed by atoms with Gasteiger partial charge in [0.25, 0.3) is 5.91 Å². The van der Waals surface area contributed by atoms with E-state index in [4.69, 9.17) is 12.2 Å². The number of nitrogens with zero attached hydrogens (tertiary/aromatic N) is 5. The highest BCUT2D eigenvalue weighted by Gasteiger charge is 2.11. The number of aromatic nitrogens is 5. The standard InChI is InChI=1S/C21H15N7OS2/c1-12-2-6-15(7-3-12)28-24-16-9-5-14(11-18(16)25-28)22-21(30)23-20(29)13-4-8-17-19(10-13)27-31-26-17/h2-11H,1H3,(H2,22,23,29,30). The van der Waals surface area contributed by atoms with Crippen LogP contribution in [-0.4, -0.2) is 34.8 Å². The molecule has 3 aromatic carbocycles. The van der Waals surface area contributed by atoms with E-state index in [9.17, 15) is 4.79 Å². The predicted molar refractivity (Wildman–Crippen MR) is 125 cm³/mol. The molecule has 0 saturated heterocycles. The van der Waals surface area contributed by atoms with Crippen molar-refractivity contribution in [2.75, 3.05) is 5.32 Å². The second kappa shape index (κ2) is 7.82. The van der Waals surface area contributed by atoms with Gasteiger partial charge in [0.15, 0.2) is 5.11 Å². The normalized spacial score (nSPS) is 11.0.